The summed E-state index contributed by atoms with van der Waals surface area (Å²) in [6.07, 6.45) is 0. The third-order valence-corrected chi connectivity index (χ3v) is 16.5. The molecule has 9 aromatic carbocycles. The molecule has 0 atom stereocenters. The van der Waals surface area contributed by atoms with Crippen LogP contribution in [0.5, 0.6) is 0 Å². The zero-order chi connectivity index (χ0) is 38.7. The largest absolute Gasteiger partial charge is 0.0622 e. The Labute approximate surface area is 380 Å². The predicted molar refractivity (Wildman–Crippen MR) is 255 cm³/mol. The standard InChI is InChI=1S/3C18H15P.2Rh/c3*1-4-10-16(11-5-1)19(17-12-6-2-7-13-17)18-14-8-3-9-15-18;;/h3*1-15H;;. The monoisotopic (exact) mass is 992 g/mol. The molecule has 59 heavy (non-hydrogen) atoms. The van der Waals surface area contributed by atoms with Crippen LogP contribution in [0.15, 0.2) is 273 Å². The van der Waals surface area contributed by atoms with E-state index in [0.717, 1.165) is 0 Å². The van der Waals surface area contributed by atoms with E-state index >= 15 is 0 Å². The van der Waals surface area contributed by atoms with E-state index in [9.17, 15) is 0 Å². The Kier molecular flexibility index (Phi) is 19.5. The van der Waals surface area contributed by atoms with Gasteiger partial charge in [0.25, 0.3) is 0 Å². The van der Waals surface area contributed by atoms with Gasteiger partial charge in [-0.15, -0.1) is 0 Å². The van der Waals surface area contributed by atoms with E-state index in [1.54, 1.807) is 0 Å². The molecule has 5 heteroatoms. The molecule has 0 spiro atoms. The second-order valence-corrected chi connectivity index (χ2v) is 19.7. The third-order valence-electron chi connectivity index (χ3n) is 9.13. The van der Waals surface area contributed by atoms with Gasteiger partial charge in [0.1, 0.15) is 0 Å². The van der Waals surface area contributed by atoms with Crippen molar-refractivity contribution < 1.29 is 39.0 Å². The fraction of sp³-hybridized carbons (Fsp3) is 0. The van der Waals surface area contributed by atoms with Crippen LogP contribution in [0.4, 0.5) is 0 Å². The van der Waals surface area contributed by atoms with Crippen LogP contribution in [0.2, 0.25) is 0 Å². The van der Waals surface area contributed by atoms with Crippen molar-refractivity contribution in [2.75, 3.05) is 0 Å². The fourth-order valence-corrected chi connectivity index (χ4v) is 13.5. The van der Waals surface area contributed by atoms with Crippen molar-refractivity contribution in [3.63, 3.8) is 0 Å². The van der Waals surface area contributed by atoms with Crippen LogP contribution in [0.1, 0.15) is 0 Å². The Morgan fingerprint density at radius 2 is 0.220 bits per heavy atom. The first-order chi connectivity index (χ1) is 28.3. The molecule has 9 rings (SSSR count). The second kappa shape index (κ2) is 25.2. The van der Waals surface area contributed by atoms with Crippen LogP contribution in [0, 0.1) is 0 Å². The molecule has 9 aromatic rings. The van der Waals surface area contributed by atoms with Gasteiger partial charge < -0.3 is 0 Å². The Morgan fingerprint density at radius 1 is 0.136 bits per heavy atom. The van der Waals surface area contributed by atoms with Gasteiger partial charge in [-0.3, -0.25) is 0 Å². The van der Waals surface area contributed by atoms with Gasteiger partial charge in [-0.05, 0) is 71.5 Å². The molecular formula is C54H45P3Rh2. The van der Waals surface area contributed by atoms with Crippen LogP contribution in [-0.4, -0.2) is 0 Å². The minimum atomic E-state index is -0.446. The molecule has 0 unspecified atom stereocenters. The summed E-state index contributed by atoms with van der Waals surface area (Å²) in [7, 11) is -1.34. The second-order valence-electron chi connectivity index (χ2n) is 13.0. The minimum Gasteiger partial charge on any atom is -0.0622 e. The topological polar surface area (TPSA) is 0 Å². The summed E-state index contributed by atoms with van der Waals surface area (Å²) in [5.41, 5.74) is 0. The van der Waals surface area contributed by atoms with Gasteiger partial charge in [0.2, 0.25) is 0 Å². The van der Waals surface area contributed by atoms with Crippen LogP contribution in [0.25, 0.3) is 0 Å². The van der Waals surface area contributed by atoms with Gasteiger partial charge in [0, 0.05) is 39.0 Å². The van der Waals surface area contributed by atoms with E-state index in [1.807, 2.05) is 0 Å². The van der Waals surface area contributed by atoms with Crippen molar-refractivity contribution in [3.8, 4) is 0 Å². The molecule has 2 radical (unpaired) electrons. The van der Waals surface area contributed by atoms with Crippen LogP contribution >= 0.6 is 23.8 Å². The van der Waals surface area contributed by atoms with Gasteiger partial charge in [-0.2, -0.15) is 0 Å². The first kappa shape index (κ1) is 45.6. The summed E-state index contributed by atoms with van der Waals surface area (Å²) >= 11 is 0. The van der Waals surface area contributed by atoms with Gasteiger partial charge in [0.15, 0.2) is 0 Å². The fourth-order valence-electron chi connectivity index (χ4n) is 6.54. The van der Waals surface area contributed by atoms with Crippen LogP contribution in [-0.2, 0) is 39.0 Å². The zero-order valence-electron chi connectivity index (χ0n) is 32.5. The van der Waals surface area contributed by atoms with Gasteiger partial charge in [-0.25, -0.2) is 0 Å². The number of hydrogen-bond donors (Lipinski definition) is 0. The van der Waals surface area contributed by atoms with Gasteiger partial charge in [-0.1, -0.05) is 273 Å². The van der Waals surface area contributed by atoms with Crippen molar-refractivity contribution in [2.24, 2.45) is 0 Å². The molecule has 0 aliphatic carbocycles. The van der Waals surface area contributed by atoms with Gasteiger partial charge in [0.05, 0.1) is 0 Å². The molecule has 0 saturated carbocycles. The molecule has 0 bridgehead atoms. The van der Waals surface area contributed by atoms with E-state index in [0.29, 0.717) is 0 Å². The summed E-state index contributed by atoms with van der Waals surface area (Å²) in [4.78, 5) is 0. The van der Waals surface area contributed by atoms with Crippen molar-refractivity contribution in [1.82, 2.24) is 0 Å². The maximum absolute atomic E-state index is 2.23. The van der Waals surface area contributed by atoms with E-state index in [4.69, 9.17) is 0 Å². The summed E-state index contributed by atoms with van der Waals surface area (Å²) in [5, 5.41) is 12.6. The molecule has 0 nitrogen and oxygen atoms in total. The molecule has 0 aliphatic heterocycles. The number of hydrogen-bond acceptors (Lipinski definition) is 0. The first-order valence-electron chi connectivity index (χ1n) is 19.2. The first-order valence-corrected chi connectivity index (χ1v) is 23.2. The molecule has 0 fully saturated rings. The Hall–Kier alpha value is -4.48. The van der Waals surface area contributed by atoms with E-state index < -0.39 is 23.8 Å². The Morgan fingerprint density at radius 3 is 0.305 bits per heavy atom. The Balaban J connectivity index is 0.000000165. The quantitative estimate of drug-likeness (QED) is 0.0999. The molecule has 0 aromatic heterocycles. The van der Waals surface area contributed by atoms with E-state index in [1.165, 1.54) is 47.7 Å². The average Bonchev–Trinajstić information content (AvgIpc) is 3.30. The molecule has 0 amide bonds. The van der Waals surface area contributed by atoms with Crippen molar-refractivity contribution >= 4 is 71.5 Å². The molecular weight excluding hydrogens is 947 g/mol. The molecule has 0 aliphatic rings. The number of rotatable bonds is 9. The zero-order valence-corrected chi connectivity index (χ0v) is 38.4. The predicted octanol–water partition coefficient (Wildman–Crippen LogP) is 10.3. The smallest absolute Gasteiger partial charge is 0 e. The van der Waals surface area contributed by atoms with Crippen LogP contribution in [0.3, 0.4) is 0 Å². The molecule has 294 valence electrons. The van der Waals surface area contributed by atoms with E-state index in [2.05, 4.69) is 273 Å². The van der Waals surface area contributed by atoms with Crippen molar-refractivity contribution in [1.29, 1.82) is 0 Å². The van der Waals surface area contributed by atoms with Gasteiger partial charge >= 0.3 is 0 Å². The van der Waals surface area contributed by atoms with Crippen molar-refractivity contribution in [2.45, 2.75) is 0 Å². The number of benzene rings is 9. The molecule has 0 N–H and O–H groups in total. The average molecular weight is 993 g/mol. The van der Waals surface area contributed by atoms with E-state index in [-0.39, 0.29) is 39.0 Å². The normalized spacial score (nSPS) is 10.2. The summed E-state index contributed by atoms with van der Waals surface area (Å²) < 4.78 is 0. The van der Waals surface area contributed by atoms with Crippen molar-refractivity contribution in [3.05, 3.63) is 273 Å². The summed E-state index contributed by atoms with van der Waals surface area (Å²) in [6, 6.07) is 97.0. The third kappa shape index (κ3) is 13.3. The molecule has 0 heterocycles. The maximum Gasteiger partial charge on any atom is 0 e. The van der Waals surface area contributed by atoms with Crippen LogP contribution < -0.4 is 47.7 Å². The maximum atomic E-state index is 2.23. The minimum absolute atomic E-state index is 0. The Bertz CT molecular complexity index is 1870. The molecule has 0 saturated heterocycles. The SMILES string of the molecule is [Rh].[Rh].c1ccc(P(c2ccccc2)c2ccccc2)cc1.c1ccc(P(c2ccccc2)c2ccccc2)cc1.c1ccc(P(c2ccccc2)c2ccccc2)cc1. The summed E-state index contributed by atoms with van der Waals surface area (Å²) in [6.45, 7) is 0. The summed E-state index contributed by atoms with van der Waals surface area (Å²) in [5.74, 6) is 0.